The summed E-state index contributed by atoms with van der Waals surface area (Å²) in [4.78, 5) is 2.67. The Morgan fingerprint density at radius 2 is 2.16 bits per heavy atom. The Bertz CT molecular complexity index is 239. The Kier molecular flexibility index (Phi) is 6.62. The molecular weight excluding hydrogens is 236 g/mol. The molecule has 112 valence electrons. The summed E-state index contributed by atoms with van der Waals surface area (Å²) in [5, 5.41) is 3.59. The van der Waals surface area contributed by atoms with Crippen LogP contribution >= 0.6 is 0 Å². The monoisotopic (exact) mass is 268 g/mol. The molecule has 2 unspecified atom stereocenters. The molecule has 19 heavy (non-hydrogen) atoms. The third-order valence-electron chi connectivity index (χ3n) is 4.44. The minimum atomic E-state index is 0.572. The minimum absolute atomic E-state index is 0.572. The van der Waals surface area contributed by atoms with Crippen molar-refractivity contribution in [2.24, 2.45) is 5.92 Å². The van der Waals surface area contributed by atoms with Crippen LogP contribution in [0.1, 0.15) is 52.4 Å². The van der Waals surface area contributed by atoms with Gasteiger partial charge in [0.15, 0.2) is 0 Å². The molecule has 0 aromatic rings. The SMILES string of the molecule is CC(C)NCC1CCCN(CCCC2CCCO2)C1. The summed E-state index contributed by atoms with van der Waals surface area (Å²) < 4.78 is 5.70. The number of ether oxygens (including phenoxy) is 1. The molecule has 2 saturated heterocycles. The van der Waals surface area contributed by atoms with E-state index in [1.807, 2.05) is 0 Å². The van der Waals surface area contributed by atoms with Crippen molar-refractivity contribution in [2.75, 3.05) is 32.8 Å². The minimum Gasteiger partial charge on any atom is -0.378 e. The van der Waals surface area contributed by atoms with Gasteiger partial charge in [0.2, 0.25) is 0 Å². The molecule has 0 bridgehead atoms. The lowest BCUT2D eigenvalue weighted by molar-refractivity contribution is 0.0950. The van der Waals surface area contributed by atoms with Crippen molar-refractivity contribution < 1.29 is 4.74 Å². The highest BCUT2D eigenvalue weighted by Gasteiger charge is 2.20. The molecule has 0 aromatic carbocycles. The van der Waals surface area contributed by atoms with E-state index >= 15 is 0 Å². The van der Waals surface area contributed by atoms with Gasteiger partial charge in [-0.1, -0.05) is 13.8 Å². The summed E-state index contributed by atoms with van der Waals surface area (Å²) in [6.07, 6.45) is 8.51. The maximum atomic E-state index is 5.70. The molecule has 0 amide bonds. The molecule has 2 rings (SSSR count). The van der Waals surface area contributed by atoms with Gasteiger partial charge in [-0.05, 0) is 64.1 Å². The summed E-state index contributed by atoms with van der Waals surface area (Å²) in [7, 11) is 0. The van der Waals surface area contributed by atoms with Crippen LogP contribution in [0.5, 0.6) is 0 Å². The van der Waals surface area contributed by atoms with Gasteiger partial charge in [0.25, 0.3) is 0 Å². The number of nitrogens with zero attached hydrogens (tertiary/aromatic N) is 1. The molecule has 0 aromatic heterocycles. The zero-order valence-electron chi connectivity index (χ0n) is 12.9. The number of likely N-dealkylation sites (tertiary alicyclic amines) is 1. The van der Waals surface area contributed by atoms with Crippen LogP contribution in [-0.2, 0) is 4.74 Å². The molecular formula is C16H32N2O. The van der Waals surface area contributed by atoms with E-state index in [1.54, 1.807) is 0 Å². The van der Waals surface area contributed by atoms with Crippen LogP contribution in [0.3, 0.4) is 0 Å². The lowest BCUT2D eigenvalue weighted by Crippen LogP contribution is -2.41. The normalized spacial score (nSPS) is 29.2. The van der Waals surface area contributed by atoms with Gasteiger partial charge < -0.3 is 15.0 Å². The second-order valence-electron chi connectivity index (χ2n) is 6.65. The van der Waals surface area contributed by atoms with Gasteiger partial charge in [0.1, 0.15) is 0 Å². The first-order valence-electron chi connectivity index (χ1n) is 8.31. The summed E-state index contributed by atoms with van der Waals surface area (Å²) >= 11 is 0. The fraction of sp³-hybridized carbons (Fsp3) is 1.00. The van der Waals surface area contributed by atoms with Crippen molar-refractivity contribution >= 4 is 0 Å². The molecule has 3 nitrogen and oxygen atoms in total. The number of hydrogen-bond acceptors (Lipinski definition) is 3. The van der Waals surface area contributed by atoms with Gasteiger partial charge in [0.05, 0.1) is 6.10 Å². The van der Waals surface area contributed by atoms with Gasteiger partial charge in [-0.2, -0.15) is 0 Å². The first kappa shape index (κ1) is 15.3. The van der Waals surface area contributed by atoms with Gasteiger partial charge in [-0.15, -0.1) is 0 Å². The highest BCUT2D eigenvalue weighted by atomic mass is 16.5. The second kappa shape index (κ2) is 8.23. The number of rotatable bonds is 7. The van der Waals surface area contributed by atoms with E-state index in [1.165, 1.54) is 64.7 Å². The molecule has 1 N–H and O–H groups in total. The smallest absolute Gasteiger partial charge is 0.0576 e. The largest absolute Gasteiger partial charge is 0.378 e. The van der Waals surface area contributed by atoms with Crippen molar-refractivity contribution in [3.63, 3.8) is 0 Å². The van der Waals surface area contributed by atoms with Crippen molar-refractivity contribution in [1.29, 1.82) is 0 Å². The standard InChI is InChI=1S/C16H32N2O/c1-14(2)17-12-15-6-3-9-18(13-15)10-4-7-16-8-5-11-19-16/h14-17H,3-13H2,1-2H3. The number of hydrogen-bond donors (Lipinski definition) is 1. The zero-order valence-corrected chi connectivity index (χ0v) is 12.9. The highest BCUT2D eigenvalue weighted by molar-refractivity contribution is 4.76. The first-order chi connectivity index (χ1) is 9.24. The third-order valence-corrected chi connectivity index (χ3v) is 4.44. The molecule has 0 aliphatic carbocycles. The first-order valence-corrected chi connectivity index (χ1v) is 8.31. The van der Waals surface area contributed by atoms with Crippen LogP contribution in [0.25, 0.3) is 0 Å². The van der Waals surface area contributed by atoms with Crippen molar-refractivity contribution in [1.82, 2.24) is 10.2 Å². The Morgan fingerprint density at radius 3 is 2.89 bits per heavy atom. The topological polar surface area (TPSA) is 24.5 Å². The van der Waals surface area contributed by atoms with Crippen LogP contribution < -0.4 is 5.32 Å². The van der Waals surface area contributed by atoms with E-state index in [9.17, 15) is 0 Å². The fourth-order valence-corrected chi connectivity index (χ4v) is 3.34. The Hall–Kier alpha value is -0.120. The average molecular weight is 268 g/mol. The van der Waals surface area contributed by atoms with Gasteiger partial charge in [-0.3, -0.25) is 0 Å². The van der Waals surface area contributed by atoms with Crippen LogP contribution in [0.4, 0.5) is 0 Å². The molecule has 2 aliphatic rings. The average Bonchev–Trinajstić information content (AvgIpc) is 2.90. The summed E-state index contributed by atoms with van der Waals surface area (Å²) in [5.41, 5.74) is 0. The molecule has 2 atom stereocenters. The molecule has 2 fully saturated rings. The number of nitrogens with one attached hydrogen (secondary N) is 1. The lowest BCUT2D eigenvalue weighted by Gasteiger charge is -2.33. The third kappa shape index (κ3) is 5.80. The van der Waals surface area contributed by atoms with E-state index in [0.717, 1.165) is 12.5 Å². The van der Waals surface area contributed by atoms with E-state index in [0.29, 0.717) is 12.1 Å². The van der Waals surface area contributed by atoms with Crippen molar-refractivity contribution in [3.8, 4) is 0 Å². The van der Waals surface area contributed by atoms with E-state index in [-0.39, 0.29) is 0 Å². The fourth-order valence-electron chi connectivity index (χ4n) is 3.34. The van der Waals surface area contributed by atoms with Crippen molar-refractivity contribution in [3.05, 3.63) is 0 Å². The van der Waals surface area contributed by atoms with E-state index in [2.05, 4.69) is 24.1 Å². The molecule has 2 heterocycles. The van der Waals surface area contributed by atoms with Crippen LogP contribution in [0.2, 0.25) is 0 Å². The molecule has 0 spiro atoms. The predicted octanol–water partition coefficient (Wildman–Crippen LogP) is 2.66. The summed E-state index contributed by atoms with van der Waals surface area (Å²) in [6, 6.07) is 0.620. The van der Waals surface area contributed by atoms with Gasteiger partial charge in [-0.25, -0.2) is 0 Å². The number of piperidine rings is 1. The second-order valence-corrected chi connectivity index (χ2v) is 6.65. The predicted molar refractivity (Wildman–Crippen MR) is 80.5 cm³/mol. The van der Waals surface area contributed by atoms with Gasteiger partial charge in [0, 0.05) is 19.2 Å². The van der Waals surface area contributed by atoms with Crippen LogP contribution in [0, 0.1) is 5.92 Å². The Balaban J connectivity index is 1.57. The Morgan fingerprint density at radius 1 is 1.26 bits per heavy atom. The summed E-state index contributed by atoms with van der Waals surface area (Å²) in [5.74, 6) is 0.860. The quantitative estimate of drug-likeness (QED) is 0.768. The van der Waals surface area contributed by atoms with E-state index in [4.69, 9.17) is 4.74 Å². The maximum absolute atomic E-state index is 5.70. The molecule has 0 radical (unpaired) electrons. The molecule has 2 aliphatic heterocycles. The van der Waals surface area contributed by atoms with Crippen LogP contribution in [-0.4, -0.2) is 49.8 Å². The lowest BCUT2D eigenvalue weighted by atomic mass is 9.97. The van der Waals surface area contributed by atoms with E-state index < -0.39 is 0 Å². The van der Waals surface area contributed by atoms with Gasteiger partial charge >= 0.3 is 0 Å². The zero-order chi connectivity index (χ0) is 13.5. The molecule has 3 heteroatoms. The Labute approximate surface area is 119 Å². The van der Waals surface area contributed by atoms with Crippen molar-refractivity contribution in [2.45, 2.75) is 64.5 Å². The molecule has 0 saturated carbocycles. The highest BCUT2D eigenvalue weighted by Crippen LogP contribution is 2.19. The van der Waals surface area contributed by atoms with Crippen LogP contribution in [0.15, 0.2) is 0 Å². The maximum Gasteiger partial charge on any atom is 0.0576 e. The summed E-state index contributed by atoms with van der Waals surface area (Å²) in [6.45, 7) is 10.6.